The van der Waals surface area contributed by atoms with E-state index in [9.17, 15) is 13.2 Å². The van der Waals surface area contributed by atoms with Gasteiger partial charge in [-0.25, -0.2) is 8.42 Å². The first-order chi connectivity index (χ1) is 13.5. The molecule has 0 atom stereocenters. The van der Waals surface area contributed by atoms with E-state index < -0.39 is 10.0 Å². The fourth-order valence-corrected chi connectivity index (χ4v) is 5.44. The number of fused-ring (bicyclic) bond motifs is 1. The molecule has 11 heteroatoms. The molecule has 28 heavy (non-hydrogen) atoms. The van der Waals surface area contributed by atoms with E-state index in [1.807, 2.05) is 17.5 Å². The number of thioether (sulfide) groups is 1. The Balaban J connectivity index is 1.72. The van der Waals surface area contributed by atoms with Crippen molar-refractivity contribution in [1.29, 1.82) is 0 Å². The van der Waals surface area contributed by atoms with Crippen LogP contribution in [0.1, 0.15) is 18.7 Å². The average Bonchev–Trinajstić information content (AvgIpc) is 3.34. The standard InChI is InChI=1S/C17H21N5O3S3/c1-3-21(4-2)28(24,25)14-7-8-15-19-20-17(22(15)11-14)27-12-16(23)18-10-13-6-5-9-26-13/h5-9,11H,3-4,10,12H2,1-2H3,(H,18,23). The predicted molar refractivity (Wildman–Crippen MR) is 110 cm³/mol. The molecule has 0 spiro atoms. The molecule has 3 heterocycles. The molecule has 0 aliphatic heterocycles. The molecule has 1 N–H and O–H groups in total. The highest BCUT2D eigenvalue weighted by Crippen LogP contribution is 2.21. The van der Waals surface area contributed by atoms with Gasteiger partial charge in [-0.2, -0.15) is 4.31 Å². The fraction of sp³-hybridized carbons (Fsp3) is 0.353. The minimum absolute atomic E-state index is 0.123. The van der Waals surface area contributed by atoms with Crippen LogP contribution in [0.15, 0.2) is 45.9 Å². The van der Waals surface area contributed by atoms with Gasteiger partial charge in [0.15, 0.2) is 10.8 Å². The zero-order valence-electron chi connectivity index (χ0n) is 15.5. The molecule has 0 aliphatic carbocycles. The lowest BCUT2D eigenvalue weighted by Gasteiger charge is -2.18. The molecule has 0 aromatic carbocycles. The van der Waals surface area contributed by atoms with Gasteiger partial charge in [-0.3, -0.25) is 9.20 Å². The maximum absolute atomic E-state index is 12.7. The van der Waals surface area contributed by atoms with E-state index in [0.29, 0.717) is 30.4 Å². The molecule has 0 saturated heterocycles. The van der Waals surface area contributed by atoms with Crippen molar-refractivity contribution < 1.29 is 13.2 Å². The zero-order chi connectivity index (χ0) is 20.1. The number of pyridine rings is 1. The van der Waals surface area contributed by atoms with Crippen molar-refractivity contribution in [3.8, 4) is 0 Å². The van der Waals surface area contributed by atoms with E-state index in [1.54, 1.807) is 35.7 Å². The minimum atomic E-state index is -3.58. The predicted octanol–water partition coefficient (Wildman–Crippen LogP) is 2.23. The van der Waals surface area contributed by atoms with Crippen LogP contribution in [0.25, 0.3) is 5.65 Å². The fourth-order valence-electron chi connectivity index (χ4n) is 2.59. The van der Waals surface area contributed by atoms with Gasteiger partial charge in [0, 0.05) is 24.2 Å². The van der Waals surface area contributed by atoms with E-state index >= 15 is 0 Å². The van der Waals surface area contributed by atoms with Gasteiger partial charge in [-0.15, -0.1) is 21.5 Å². The van der Waals surface area contributed by atoms with Gasteiger partial charge in [0.1, 0.15) is 0 Å². The third-order valence-electron chi connectivity index (χ3n) is 4.06. The lowest BCUT2D eigenvalue weighted by molar-refractivity contribution is -0.118. The lowest BCUT2D eigenvalue weighted by Crippen LogP contribution is -2.30. The van der Waals surface area contributed by atoms with Crippen LogP contribution in [-0.4, -0.2) is 52.1 Å². The number of hydrogen-bond acceptors (Lipinski definition) is 7. The molecule has 0 radical (unpaired) electrons. The first-order valence-corrected chi connectivity index (χ1v) is 12.0. The second-order valence-electron chi connectivity index (χ2n) is 5.81. The third kappa shape index (κ3) is 4.54. The summed E-state index contributed by atoms with van der Waals surface area (Å²) in [6, 6.07) is 7.04. The molecule has 3 aromatic rings. The highest BCUT2D eigenvalue weighted by Gasteiger charge is 2.23. The highest BCUT2D eigenvalue weighted by molar-refractivity contribution is 7.99. The van der Waals surface area contributed by atoms with Crippen LogP contribution in [-0.2, 0) is 21.4 Å². The molecular weight excluding hydrogens is 418 g/mol. The zero-order valence-corrected chi connectivity index (χ0v) is 18.0. The lowest BCUT2D eigenvalue weighted by atomic mass is 10.4. The van der Waals surface area contributed by atoms with Gasteiger partial charge in [-0.1, -0.05) is 31.7 Å². The second-order valence-corrected chi connectivity index (χ2v) is 9.72. The third-order valence-corrected chi connectivity index (χ3v) is 7.91. The summed E-state index contributed by atoms with van der Waals surface area (Å²) in [5.74, 6) is 0.0428. The van der Waals surface area contributed by atoms with Crippen LogP contribution >= 0.6 is 23.1 Å². The largest absolute Gasteiger partial charge is 0.350 e. The van der Waals surface area contributed by atoms with Crippen LogP contribution in [0.5, 0.6) is 0 Å². The molecule has 0 fully saturated rings. The Morgan fingerprint density at radius 1 is 1.25 bits per heavy atom. The number of aromatic nitrogens is 3. The summed E-state index contributed by atoms with van der Waals surface area (Å²) in [4.78, 5) is 13.3. The molecule has 0 unspecified atom stereocenters. The van der Waals surface area contributed by atoms with Crippen molar-refractivity contribution in [2.45, 2.75) is 30.4 Å². The van der Waals surface area contributed by atoms with Crippen LogP contribution in [0, 0.1) is 0 Å². The van der Waals surface area contributed by atoms with Crippen LogP contribution in [0.2, 0.25) is 0 Å². The van der Waals surface area contributed by atoms with Gasteiger partial charge in [0.2, 0.25) is 15.9 Å². The maximum atomic E-state index is 12.7. The van der Waals surface area contributed by atoms with Crippen LogP contribution in [0.4, 0.5) is 0 Å². The van der Waals surface area contributed by atoms with Crippen molar-refractivity contribution in [1.82, 2.24) is 24.2 Å². The molecule has 0 saturated carbocycles. The average molecular weight is 440 g/mol. The van der Waals surface area contributed by atoms with E-state index in [2.05, 4.69) is 15.5 Å². The number of amides is 1. The summed E-state index contributed by atoms with van der Waals surface area (Å²) in [6.45, 7) is 4.88. The van der Waals surface area contributed by atoms with Crippen molar-refractivity contribution >= 4 is 44.7 Å². The Kier molecular flexibility index (Phi) is 6.70. The monoisotopic (exact) mass is 439 g/mol. The summed E-state index contributed by atoms with van der Waals surface area (Å²) in [5.41, 5.74) is 0.528. The number of carbonyl (C=O) groups excluding carboxylic acids is 1. The highest BCUT2D eigenvalue weighted by atomic mass is 32.2. The molecular formula is C17H21N5O3S3. The first-order valence-electron chi connectivity index (χ1n) is 8.72. The number of hydrogen-bond donors (Lipinski definition) is 1. The Hall–Kier alpha value is -1.95. The number of nitrogens with zero attached hydrogens (tertiary/aromatic N) is 4. The van der Waals surface area contributed by atoms with E-state index in [4.69, 9.17) is 0 Å². The smallest absolute Gasteiger partial charge is 0.244 e. The number of carbonyl (C=O) groups is 1. The summed E-state index contributed by atoms with van der Waals surface area (Å²) < 4.78 is 28.5. The van der Waals surface area contributed by atoms with E-state index in [0.717, 1.165) is 4.88 Å². The maximum Gasteiger partial charge on any atom is 0.244 e. The summed E-state index contributed by atoms with van der Waals surface area (Å²) in [6.07, 6.45) is 1.51. The normalized spacial score (nSPS) is 12.0. The summed E-state index contributed by atoms with van der Waals surface area (Å²) in [7, 11) is -3.58. The molecule has 0 aliphatic rings. The molecule has 3 rings (SSSR count). The first kappa shape index (κ1) is 20.8. The van der Waals surface area contributed by atoms with E-state index in [-0.39, 0.29) is 16.6 Å². The second kappa shape index (κ2) is 9.03. The molecule has 150 valence electrons. The van der Waals surface area contributed by atoms with Gasteiger partial charge in [0.05, 0.1) is 17.2 Å². The van der Waals surface area contributed by atoms with Crippen molar-refractivity contribution in [3.05, 3.63) is 40.7 Å². The van der Waals surface area contributed by atoms with E-state index in [1.165, 1.54) is 28.3 Å². The molecule has 0 bridgehead atoms. The van der Waals surface area contributed by atoms with Crippen LogP contribution < -0.4 is 5.32 Å². The van der Waals surface area contributed by atoms with Crippen molar-refractivity contribution in [2.24, 2.45) is 0 Å². The molecule has 3 aromatic heterocycles. The van der Waals surface area contributed by atoms with Crippen molar-refractivity contribution in [3.63, 3.8) is 0 Å². The van der Waals surface area contributed by atoms with Gasteiger partial charge in [0.25, 0.3) is 0 Å². The number of sulfonamides is 1. The van der Waals surface area contributed by atoms with Gasteiger partial charge >= 0.3 is 0 Å². The van der Waals surface area contributed by atoms with Crippen LogP contribution in [0.3, 0.4) is 0 Å². The number of rotatable bonds is 9. The quantitative estimate of drug-likeness (QED) is 0.514. The molecule has 1 amide bonds. The minimum Gasteiger partial charge on any atom is -0.350 e. The number of nitrogens with one attached hydrogen (secondary N) is 1. The SMILES string of the molecule is CCN(CC)S(=O)(=O)c1ccc2nnc(SCC(=O)NCc3cccs3)n2c1. The Morgan fingerprint density at radius 2 is 2.04 bits per heavy atom. The van der Waals surface area contributed by atoms with Crippen molar-refractivity contribution in [2.75, 3.05) is 18.8 Å². The molecule has 8 nitrogen and oxygen atoms in total. The summed E-state index contributed by atoms with van der Waals surface area (Å²) in [5, 5.41) is 13.4. The van der Waals surface area contributed by atoms with Gasteiger partial charge in [-0.05, 0) is 23.6 Å². The summed E-state index contributed by atoms with van der Waals surface area (Å²) >= 11 is 2.80. The van der Waals surface area contributed by atoms with Gasteiger partial charge < -0.3 is 5.32 Å². The Bertz CT molecular complexity index is 1040. The topological polar surface area (TPSA) is 96.7 Å². The Morgan fingerprint density at radius 3 is 2.71 bits per heavy atom. The number of thiophene rings is 1. The Labute approximate surface area is 172 Å².